The largest absolute Gasteiger partial charge is 0.338 e. The van der Waals surface area contributed by atoms with Crippen molar-refractivity contribution in [3.63, 3.8) is 0 Å². The Balaban J connectivity index is 1.30. The second kappa shape index (κ2) is 8.19. The molecule has 1 aromatic rings. The summed E-state index contributed by atoms with van der Waals surface area (Å²) in [5.41, 5.74) is 1.49. The van der Waals surface area contributed by atoms with E-state index in [1.165, 1.54) is 62.2 Å². The van der Waals surface area contributed by atoms with Crippen molar-refractivity contribution in [3.8, 4) is 0 Å². The first-order valence-electron chi connectivity index (χ1n) is 10.1. The van der Waals surface area contributed by atoms with Crippen LogP contribution in [0.5, 0.6) is 0 Å². The zero-order chi connectivity index (χ0) is 17.1. The molecule has 1 amide bonds. The molecule has 25 heavy (non-hydrogen) atoms. The van der Waals surface area contributed by atoms with Gasteiger partial charge in [-0.2, -0.15) is 0 Å². The summed E-state index contributed by atoms with van der Waals surface area (Å²) in [6.07, 6.45) is 8.36. The highest BCUT2D eigenvalue weighted by atomic mass is 32.1. The lowest BCUT2D eigenvalue weighted by Crippen LogP contribution is -2.47. The molecule has 4 nitrogen and oxygen atoms in total. The molecular weight excluding hydrogens is 330 g/mol. The summed E-state index contributed by atoms with van der Waals surface area (Å²) in [5.74, 6) is 0.381. The number of thiophene rings is 1. The molecule has 3 fully saturated rings. The number of carbonyl (C=O) groups excluding carboxylic acids is 1. The Bertz CT molecular complexity index is 581. The third-order valence-corrected chi connectivity index (χ3v) is 6.94. The summed E-state index contributed by atoms with van der Waals surface area (Å²) < 4.78 is 0. The maximum Gasteiger partial charge on any atom is 0.222 e. The molecule has 3 aliphatic heterocycles. The van der Waals surface area contributed by atoms with E-state index in [0.717, 1.165) is 39.0 Å². The van der Waals surface area contributed by atoms with Crippen LogP contribution in [-0.2, 0) is 17.9 Å². The van der Waals surface area contributed by atoms with Crippen LogP contribution in [0.2, 0.25) is 0 Å². The van der Waals surface area contributed by atoms with Gasteiger partial charge in [-0.15, -0.1) is 11.3 Å². The highest BCUT2D eigenvalue weighted by molar-refractivity contribution is 7.10. The van der Waals surface area contributed by atoms with E-state index >= 15 is 0 Å². The molecule has 0 unspecified atom stereocenters. The van der Waals surface area contributed by atoms with Crippen molar-refractivity contribution in [1.82, 2.24) is 14.7 Å². The topological polar surface area (TPSA) is 26.8 Å². The minimum absolute atomic E-state index is 0.381. The molecule has 3 saturated heterocycles. The Labute approximate surface area is 155 Å². The maximum absolute atomic E-state index is 12.0. The molecular formula is C20H31N3OS. The summed E-state index contributed by atoms with van der Waals surface area (Å²) in [4.78, 5) is 20.8. The number of rotatable bonds is 5. The van der Waals surface area contributed by atoms with Crippen LogP contribution < -0.4 is 0 Å². The normalized spacial score (nSPS) is 26.5. The quantitative estimate of drug-likeness (QED) is 0.805. The van der Waals surface area contributed by atoms with Crippen LogP contribution in [0.25, 0.3) is 0 Å². The van der Waals surface area contributed by atoms with Gasteiger partial charge in [0.05, 0.1) is 0 Å². The number of hydrogen-bond donors (Lipinski definition) is 0. The van der Waals surface area contributed by atoms with Gasteiger partial charge in [-0.05, 0) is 68.7 Å². The minimum Gasteiger partial charge on any atom is -0.338 e. The molecule has 4 heterocycles. The lowest BCUT2D eigenvalue weighted by Gasteiger charge is -2.37. The molecule has 4 rings (SSSR count). The van der Waals surface area contributed by atoms with Gasteiger partial charge < -0.3 is 4.90 Å². The predicted octanol–water partition coefficient (Wildman–Crippen LogP) is 3.32. The van der Waals surface area contributed by atoms with Crippen LogP contribution in [0, 0.1) is 0 Å². The minimum atomic E-state index is 0.381. The highest BCUT2D eigenvalue weighted by Gasteiger charge is 2.31. The van der Waals surface area contributed by atoms with Gasteiger partial charge in [-0.1, -0.05) is 6.42 Å². The standard InChI is InChI=1S/C20H31N3OS/c24-20-7-5-11-23(20)18-6-4-10-22(14-18)15-19-12-17(16-25-19)13-21-8-2-1-3-9-21/h12,16,18H,1-11,13-15H2/t18-/m1/s1. The number of carbonyl (C=O) groups is 1. The third-order valence-electron chi connectivity index (χ3n) is 5.97. The van der Waals surface area contributed by atoms with Gasteiger partial charge in [0, 0.05) is 43.5 Å². The van der Waals surface area contributed by atoms with Gasteiger partial charge in [-0.25, -0.2) is 0 Å². The van der Waals surface area contributed by atoms with Gasteiger partial charge in [-0.3, -0.25) is 14.6 Å². The molecule has 0 radical (unpaired) electrons. The molecule has 138 valence electrons. The zero-order valence-corrected chi connectivity index (χ0v) is 16.1. The van der Waals surface area contributed by atoms with E-state index in [1.54, 1.807) is 0 Å². The van der Waals surface area contributed by atoms with Gasteiger partial charge in [0.15, 0.2) is 0 Å². The van der Waals surface area contributed by atoms with E-state index < -0.39 is 0 Å². The van der Waals surface area contributed by atoms with Crippen molar-refractivity contribution in [1.29, 1.82) is 0 Å². The molecule has 0 bridgehead atoms. The monoisotopic (exact) mass is 361 g/mol. The van der Waals surface area contributed by atoms with Crippen LogP contribution in [0.15, 0.2) is 11.4 Å². The number of piperidine rings is 2. The van der Waals surface area contributed by atoms with Crippen LogP contribution in [0.1, 0.15) is 55.4 Å². The maximum atomic E-state index is 12.0. The van der Waals surface area contributed by atoms with E-state index in [0.29, 0.717) is 11.9 Å². The summed E-state index contributed by atoms with van der Waals surface area (Å²) in [6.45, 7) is 7.94. The van der Waals surface area contributed by atoms with E-state index in [4.69, 9.17) is 0 Å². The molecule has 0 saturated carbocycles. The van der Waals surface area contributed by atoms with Gasteiger partial charge in [0.2, 0.25) is 5.91 Å². The van der Waals surface area contributed by atoms with E-state index in [9.17, 15) is 4.79 Å². The Morgan fingerprint density at radius 1 is 0.960 bits per heavy atom. The fourth-order valence-corrected chi connectivity index (χ4v) is 5.59. The first-order valence-corrected chi connectivity index (χ1v) is 11.0. The van der Waals surface area contributed by atoms with Gasteiger partial charge in [0.25, 0.3) is 0 Å². The van der Waals surface area contributed by atoms with Crippen LogP contribution in [-0.4, -0.2) is 59.4 Å². The Hall–Kier alpha value is -0.910. The lowest BCUT2D eigenvalue weighted by atomic mass is 10.0. The molecule has 0 N–H and O–H groups in total. The second-order valence-electron chi connectivity index (χ2n) is 7.98. The lowest BCUT2D eigenvalue weighted by molar-refractivity contribution is -0.130. The summed E-state index contributed by atoms with van der Waals surface area (Å²) in [6, 6.07) is 2.88. The molecule has 3 aliphatic rings. The fourth-order valence-electron chi connectivity index (χ4n) is 4.67. The molecule has 0 aromatic carbocycles. The average Bonchev–Trinajstić information content (AvgIpc) is 3.25. The van der Waals surface area contributed by atoms with Crippen LogP contribution >= 0.6 is 11.3 Å². The Morgan fingerprint density at radius 2 is 1.80 bits per heavy atom. The first-order chi connectivity index (χ1) is 12.3. The van der Waals surface area contributed by atoms with Crippen molar-refractivity contribution in [2.75, 3.05) is 32.7 Å². The van der Waals surface area contributed by atoms with Gasteiger partial charge >= 0.3 is 0 Å². The smallest absolute Gasteiger partial charge is 0.222 e. The SMILES string of the molecule is O=C1CCCN1[C@@H]1CCCN(Cc2cc(CN3CCCCC3)cs2)C1. The molecule has 1 aromatic heterocycles. The average molecular weight is 362 g/mol. The predicted molar refractivity (Wildman–Crippen MR) is 103 cm³/mol. The number of likely N-dealkylation sites (tertiary alicyclic amines) is 3. The van der Waals surface area contributed by atoms with Crippen molar-refractivity contribution < 1.29 is 4.79 Å². The Kier molecular flexibility index (Phi) is 5.73. The van der Waals surface area contributed by atoms with E-state index in [1.807, 2.05) is 11.3 Å². The van der Waals surface area contributed by atoms with E-state index in [2.05, 4.69) is 26.1 Å². The first kappa shape index (κ1) is 17.5. The number of nitrogens with zero attached hydrogens (tertiary/aromatic N) is 3. The van der Waals surface area contributed by atoms with Gasteiger partial charge in [0.1, 0.15) is 0 Å². The summed E-state index contributed by atoms with van der Waals surface area (Å²) in [7, 11) is 0. The molecule has 1 atom stereocenters. The van der Waals surface area contributed by atoms with E-state index in [-0.39, 0.29) is 0 Å². The number of hydrogen-bond acceptors (Lipinski definition) is 4. The van der Waals surface area contributed by atoms with Crippen LogP contribution in [0.3, 0.4) is 0 Å². The van der Waals surface area contributed by atoms with Crippen molar-refractivity contribution >= 4 is 17.2 Å². The third kappa shape index (κ3) is 4.44. The zero-order valence-electron chi connectivity index (χ0n) is 15.3. The van der Waals surface area contributed by atoms with Crippen molar-refractivity contribution in [2.45, 2.75) is 64.1 Å². The molecule has 5 heteroatoms. The molecule has 0 spiro atoms. The molecule has 0 aliphatic carbocycles. The number of amides is 1. The van der Waals surface area contributed by atoms with Crippen LogP contribution in [0.4, 0.5) is 0 Å². The van der Waals surface area contributed by atoms with Crippen molar-refractivity contribution in [3.05, 3.63) is 21.9 Å². The Morgan fingerprint density at radius 3 is 2.60 bits per heavy atom. The summed E-state index contributed by atoms with van der Waals surface area (Å²) >= 11 is 1.92. The highest BCUT2D eigenvalue weighted by Crippen LogP contribution is 2.25. The fraction of sp³-hybridized carbons (Fsp3) is 0.750. The second-order valence-corrected chi connectivity index (χ2v) is 8.98. The summed E-state index contributed by atoms with van der Waals surface area (Å²) in [5, 5.41) is 2.36. The van der Waals surface area contributed by atoms with Crippen molar-refractivity contribution in [2.24, 2.45) is 0 Å².